The molecule has 3 rings (SSSR count). The molecule has 1 atom stereocenters. The van der Waals surface area contributed by atoms with E-state index in [4.69, 9.17) is 5.73 Å². The Balaban J connectivity index is 1.86. The first-order valence-corrected chi connectivity index (χ1v) is 7.04. The van der Waals surface area contributed by atoms with E-state index in [1.165, 1.54) is 0 Å². The summed E-state index contributed by atoms with van der Waals surface area (Å²) in [4.78, 5) is 23.4. The fraction of sp³-hybridized carbons (Fsp3) is 0.417. The smallest absolute Gasteiger partial charge is 0.237 e. The summed E-state index contributed by atoms with van der Waals surface area (Å²) in [6.07, 6.45) is 0. The first kappa shape index (κ1) is 12.3. The molecule has 0 bridgehead atoms. The quantitative estimate of drug-likeness (QED) is 0.839. The summed E-state index contributed by atoms with van der Waals surface area (Å²) in [6.45, 7) is 3.91. The second kappa shape index (κ2) is 4.75. The average Bonchev–Trinajstić information content (AvgIpc) is 2.84. The van der Waals surface area contributed by atoms with Crippen LogP contribution in [0.5, 0.6) is 0 Å². The molecule has 1 aliphatic heterocycles. The van der Waals surface area contributed by atoms with Crippen molar-refractivity contribution in [3.8, 4) is 0 Å². The van der Waals surface area contributed by atoms with Crippen molar-refractivity contribution >= 4 is 33.3 Å². The molecule has 3 heterocycles. The van der Waals surface area contributed by atoms with Crippen molar-refractivity contribution in [1.29, 1.82) is 0 Å². The fourth-order valence-electron chi connectivity index (χ4n) is 2.22. The zero-order valence-corrected chi connectivity index (χ0v) is 11.4. The van der Waals surface area contributed by atoms with Gasteiger partial charge in [0.1, 0.15) is 16.5 Å². The molecule has 19 heavy (non-hydrogen) atoms. The third-order valence-electron chi connectivity index (χ3n) is 3.37. The maximum absolute atomic E-state index is 11.6. The topological polar surface area (TPSA) is 84.1 Å². The second-order valence-corrected chi connectivity index (χ2v) is 5.50. The van der Waals surface area contributed by atoms with Crippen LogP contribution in [0.25, 0.3) is 10.2 Å². The fourth-order valence-corrected chi connectivity index (χ4v) is 3.01. The van der Waals surface area contributed by atoms with Gasteiger partial charge in [-0.05, 0) is 18.4 Å². The number of amides is 1. The Morgan fingerprint density at radius 2 is 2.42 bits per heavy atom. The van der Waals surface area contributed by atoms with Gasteiger partial charge in [0, 0.05) is 13.1 Å². The number of fused-ring (bicyclic) bond motifs is 1. The number of nitrogens with two attached hydrogens (primary N) is 1. The molecule has 1 fully saturated rings. The number of carbonyl (C=O) groups is 1. The molecule has 100 valence electrons. The van der Waals surface area contributed by atoms with E-state index < -0.39 is 0 Å². The number of piperazine rings is 1. The van der Waals surface area contributed by atoms with Crippen LogP contribution in [0.3, 0.4) is 0 Å². The molecule has 0 radical (unpaired) electrons. The van der Waals surface area contributed by atoms with Gasteiger partial charge in [-0.15, -0.1) is 11.3 Å². The molecule has 3 N–H and O–H groups in total. The predicted octanol–water partition coefficient (Wildman–Crippen LogP) is 0.594. The molecule has 6 nitrogen and oxygen atoms in total. The van der Waals surface area contributed by atoms with Gasteiger partial charge in [0.15, 0.2) is 0 Å². The van der Waals surface area contributed by atoms with Crippen molar-refractivity contribution < 1.29 is 4.79 Å². The van der Waals surface area contributed by atoms with Crippen molar-refractivity contribution in [3.63, 3.8) is 0 Å². The highest BCUT2D eigenvalue weighted by Gasteiger charge is 2.26. The highest BCUT2D eigenvalue weighted by atomic mass is 32.1. The van der Waals surface area contributed by atoms with Crippen LogP contribution in [-0.4, -0.2) is 39.9 Å². The summed E-state index contributed by atoms with van der Waals surface area (Å²) < 4.78 is 0. The number of nitrogens with zero attached hydrogens (tertiary/aromatic N) is 3. The lowest BCUT2D eigenvalue weighted by molar-refractivity contribution is -0.128. The molecular weight excluding hydrogens is 262 g/mol. The van der Waals surface area contributed by atoms with Crippen molar-refractivity contribution in [2.45, 2.75) is 19.5 Å². The molecular formula is C12H15N5OS. The van der Waals surface area contributed by atoms with E-state index in [0.29, 0.717) is 24.7 Å². The van der Waals surface area contributed by atoms with Gasteiger partial charge >= 0.3 is 0 Å². The highest BCUT2D eigenvalue weighted by molar-refractivity contribution is 7.16. The van der Waals surface area contributed by atoms with Crippen molar-refractivity contribution in [2.24, 2.45) is 0 Å². The van der Waals surface area contributed by atoms with E-state index >= 15 is 0 Å². The Morgan fingerprint density at radius 3 is 3.26 bits per heavy atom. The van der Waals surface area contributed by atoms with Gasteiger partial charge in [-0.3, -0.25) is 9.69 Å². The largest absolute Gasteiger partial charge is 0.383 e. The minimum atomic E-state index is -0.155. The van der Waals surface area contributed by atoms with E-state index in [0.717, 1.165) is 16.8 Å². The monoisotopic (exact) mass is 277 g/mol. The van der Waals surface area contributed by atoms with E-state index in [2.05, 4.69) is 20.2 Å². The lowest BCUT2D eigenvalue weighted by Gasteiger charge is -2.32. The standard InChI is InChI=1S/C12H15N5OS/c1-7-11(18)14-3-4-17(7)6-9-15-10(13)8-2-5-19-12(8)16-9/h2,5,7H,3-4,6H2,1H3,(H,14,18)(H2,13,15,16). The van der Waals surface area contributed by atoms with Crippen molar-refractivity contribution in [2.75, 3.05) is 18.8 Å². The van der Waals surface area contributed by atoms with E-state index in [1.807, 2.05) is 18.4 Å². The van der Waals surface area contributed by atoms with Crippen molar-refractivity contribution in [3.05, 3.63) is 17.3 Å². The number of aromatic nitrogens is 2. The van der Waals surface area contributed by atoms with Gasteiger partial charge in [-0.25, -0.2) is 9.97 Å². The summed E-state index contributed by atoms with van der Waals surface area (Å²) in [5.74, 6) is 1.24. The summed E-state index contributed by atoms with van der Waals surface area (Å²) in [5.41, 5.74) is 5.93. The van der Waals surface area contributed by atoms with Crippen LogP contribution < -0.4 is 11.1 Å². The lowest BCUT2D eigenvalue weighted by Crippen LogP contribution is -2.53. The van der Waals surface area contributed by atoms with Gasteiger partial charge in [0.2, 0.25) is 5.91 Å². The molecule has 1 saturated heterocycles. The van der Waals surface area contributed by atoms with Crippen LogP contribution >= 0.6 is 11.3 Å². The third-order valence-corrected chi connectivity index (χ3v) is 4.18. The van der Waals surface area contributed by atoms with Gasteiger partial charge in [-0.2, -0.15) is 0 Å². The molecule has 2 aromatic heterocycles. The van der Waals surface area contributed by atoms with E-state index in [1.54, 1.807) is 11.3 Å². The summed E-state index contributed by atoms with van der Waals surface area (Å²) in [6, 6.07) is 1.77. The van der Waals surface area contributed by atoms with Crippen LogP contribution in [-0.2, 0) is 11.3 Å². The first-order valence-electron chi connectivity index (χ1n) is 6.16. The number of hydrogen-bond donors (Lipinski definition) is 2. The Hall–Kier alpha value is -1.73. The zero-order valence-electron chi connectivity index (χ0n) is 10.6. The Morgan fingerprint density at radius 1 is 1.58 bits per heavy atom. The minimum absolute atomic E-state index is 0.0522. The maximum Gasteiger partial charge on any atom is 0.237 e. The zero-order chi connectivity index (χ0) is 13.4. The van der Waals surface area contributed by atoms with Crippen LogP contribution in [0.2, 0.25) is 0 Å². The molecule has 1 amide bonds. The Bertz CT molecular complexity index is 626. The minimum Gasteiger partial charge on any atom is -0.383 e. The molecule has 1 unspecified atom stereocenters. The predicted molar refractivity (Wildman–Crippen MR) is 74.7 cm³/mol. The van der Waals surface area contributed by atoms with Gasteiger partial charge < -0.3 is 11.1 Å². The molecule has 1 aliphatic rings. The number of hydrogen-bond acceptors (Lipinski definition) is 6. The van der Waals surface area contributed by atoms with Gasteiger partial charge in [0.05, 0.1) is 18.0 Å². The van der Waals surface area contributed by atoms with Crippen molar-refractivity contribution in [1.82, 2.24) is 20.2 Å². The van der Waals surface area contributed by atoms with E-state index in [9.17, 15) is 4.79 Å². The SMILES string of the molecule is CC1C(=O)NCCN1Cc1nc(N)c2ccsc2n1. The maximum atomic E-state index is 11.6. The molecule has 0 aromatic carbocycles. The number of nitrogens with one attached hydrogen (secondary N) is 1. The number of carbonyl (C=O) groups excluding carboxylic acids is 1. The van der Waals surface area contributed by atoms with Crippen LogP contribution in [0.1, 0.15) is 12.7 Å². The first-order chi connectivity index (χ1) is 9.15. The van der Waals surface area contributed by atoms with Gasteiger partial charge in [-0.1, -0.05) is 0 Å². The summed E-state index contributed by atoms with van der Waals surface area (Å²) in [5, 5.41) is 5.70. The Kier molecular flexibility index (Phi) is 3.08. The lowest BCUT2D eigenvalue weighted by atomic mass is 10.2. The van der Waals surface area contributed by atoms with Gasteiger partial charge in [0.25, 0.3) is 0 Å². The molecule has 0 spiro atoms. The Labute approximate surface area is 114 Å². The molecule has 2 aromatic rings. The second-order valence-electron chi connectivity index (χ2n) is 4.60. The molecule has 0 saturated carbocycles. The van der Waals surface area contributed by atoms with Crippen LogP contribution in [0.4, 0.5) is 5.82 Å². The number of thiophene rings is 1. The summed E-state index contributed by atoms with van der Waals surface area (Å²) in [7, 11) is 0. The normalized spacial score (nSPS) is 20.7. The average molecular weight is 277 g/mol. The number of rotatable bonds is 2. The molecule has 0 aliphatic carbocycles. The summed E-state index contributed by atoms with van der Waals surface area (Å²) >= 11 is 1.55. The number of nitrogen functional groups attached to an aromatic ring is 1. The highest BCUT2D eigenvalue weighted by Crippen LogP contribution is 2.23. The van der Waals surface area contributed by atoms with E-state index in [-0.39, 0.29) is 11.9 Å². The molecule has 7 heteroatoms. The number of anilines is 1. The van der Waals surface area contributed by atoms with Crippen LogP contribution in [0.15, 0.2) is 11.4 Å². The van der Waals surface area contributed by atoms with Crippen LogP contribution in [0, 0.1) is 0 Å². The third kappa shape index (κ3) is 2.26.